The molecule has 0 aliphatic carbocycles. The molecule has 2 N–H and O–H groups in total. The number of ether oxygens (including phenoxy) is 1. The number of aromatic nitrogens is 1. The van der Waals surface area contributed by atoms with Gasteiger partial charge in [-0.2, -0.15) is 0 Å². The summed E-state index contributed by atoms with van der Waals surface area (Å²) in [4.78, 5) is 4.24. The summed E-state index contributed by atoms with van der Waals surface area (Å²) in [6.45, 7) is 5.55. The summed E-state index contributed by atoms with van der Waals surface area (Å²) in [7, 11) is 3.41. The van der Waals surface area contributed by atoms with Crippen LogP contribution in [-0.4, -0.2) is 25.3 Å². The quantitative estimate of drug-likeness (QED) is 0.345. The molecule has 0 atom stereocenters. The Morgan fingerprint density at radius 2 is 1.92 bits per heavy atom. The first-order valence-corrected chi connectivity index (χ1v) is 8.73. The molecule has 1 heterocycles. The summed E-state index contributed by atoms with van der Waals surface area (Å²) < 4.78 is 10.7. The van der Waals surface area contributed by atoms with Crippen LogP contribution in [-0.2, 0) is 13.1 Å². The van der Waals surface area contributed by atoms with E-state index in [0.717, 1.165) is 35.6 Å². The monoisotopic (exact) mass is 472 g/mol. The number of nitrogens with zero attached hydrogens (tertiary/aromatic N) is 2. The second-order valence-electron chi connectivity index (χ2n) is 5.86. The molecule has 26 heavy (non-hydrogen) atoms. The van der Waals surface area contributed by atoms with E-state index in [9.17, 15) is 0 Å². The van der Waals surface area contributed by atoms with Crippen LogP contribution in [0.2, 0.25) is 0 Å². The van der Waals surface area contributed by atoms with Gasteiger partial charge >= 0.3 is 0 Å². The molecule has 144 valence electrons. The van der Waals surface area contributed by atoms with Crippen LogP contribution in [0, 0.1) is 0 Å². The molecular formula is C19H29IN4O2. The molecule has 2 aromatic rings. The van der Waals surface area contributed by atoms with Crippen molar-refractivity contribution in [2.45, 2.75) is 45.7 Å². The zero-order valence-electron chi connectivity index (χ0n) is 15.9. The van der Waals surface area contributed by atoms with Crippen molar-refractivity contribution in [2.24, 2.45) is 4.99 Å². The molecule has 1 aromatic heterocycles. The van der Waals surface area contributed by atoms with Gasteiger partial charge in [0.25, 0.3) is 0 Å². The van der Waals surface area contributed by atoms with Gasteiger partial charge in [-0.05, 0) is 30.5 Å². The highest BCUT2D eigenvalue weighted by Gasteiger charge is 2.13. The molecule has 1 aromatic carbocycles. The summed E-state index contributed by atoms with van der Waals surface area (Å²) in [6.07, 6.45) is 2.14. The minimum absolute atomic E-state index is 0. The second-order valence-corrected chi connectivity index (χ2v) is 5.86. The highest BCUT2D eigenvalue weighted by atomic mass is 127. The number of aliphatic imine (C=N–C) groups is 1. The van der Waals surface area contributed by atoms with Crippen molar-refractivity contribution in [3.63, 3.8) is 0 Å². The van der Waals surface area contributed by atoms with E-state index in [1.807, 2.05) is 30.3 Å². The minimum Gasteiger partial charge on any atom is -0.497 e. The Balaban J connectivity index is 0.00000338. The van der Waals surface area contributed by atoms with Gasteiger partial charge in [-0.1, -0.05) is 31.1 Å². The minimum atomic E-state index is 0. The predicted octanol–water partition coefficient (Wildman–Crippen LogP) is 4.07. The number of hydrogen-bond acceptors (Lipinski definition) is 4. The maximum Gasteiger partial charge on any atom is 0.191 e. The van der Waals surface area contributed by atoms with Crippen LogP contribution in [0.4, 0.5) is 0 Å². The van der Waals surface area contributed by atoms with Crippen molar-refractivity contribution in [3.8, 4) is 5.75 Å². The third-order valence-corrected chi connectivity index (χ3v) is 4.23. The lowest BCUT2D eigenvalue weighted by Gasteiger charge is -2.11. The van der Waals surface area contributed by atoms with Gasteiger partial charge in [0.2, 0.25) is 0 Å². The first kappa shape index (κ1) is 22.3. The molecule has 2 rings (SSSR count). The van der Waals surface area contributed by atoms with E-state index in [4.69, 9.17) is 9.26 Å². The van der Waals surface area contributed by atoms with Crippen molar-refractivity contribution in [1.82, 2.24) is 15.8 Å². The molecular weight excluding hydrogens is 443 g/mol. The first-order chi connectivity index (χ1) is 12.2. The lowest BCUT2D eigenvalue weighted by Crippen LogP contribution is -2.36. The average Bonchev–Trinajstić information content (AvgIpc) is 3.12. The molecule has 0 fully saturated rings. The maximum absolute atomic E-state index is 5.43. The van der Waals surface area contributed by atoms with Gasteiger partial charge in [0.05, 0.1) is 19.3 Å². The first-order valence-electron chi connectivity index (χ1n) is 8.73. The molecule has 0 saturated carbocycles. The van der Waals surface area contributed by atoms with Crippen LogP contribution in [0.1, 0.15) is 49.6 Å². The fraction of sp³-hybridized carbons (Fsp3) is 0.474. The molecule has 0 aliphatic rings. The van der Waals surface area contributed by atoms with E-state index in [1.165, 1.54) is 0 Å². The molecule has 0 radical (unpaired) electrons. The molecule has 0 spiro atoms. The van der Waals surface area contributed by atoms with Crippen LogP contribution < -0.4 is 15.4 Å². The highest BCUT2D eigenvalue weighted by molar-refractivity contribution is 14.0. The lowest BCUT2D eigenvalue weighted by molar-refractivity contribution is 0.368. The van der Waals surface area contributed by atoms with Crippen molar-refractivity contribution in [2.75, 3.05) is 14.2 Å². The summed E-state index contributed by atoms with van der Waals surface area (Å²) in [5, 5.41) is 10.7. The Morgan fingerprint density at radius 3 is 2.58 bits per heavy atom. The van der Waals surface area contributed by atoms with Crippen LogP contribution in [0.5, 0.6) is 5.75 Å². The van der Waals surface area contributed by atoms with E-state index < -0.39 is 0 Å². The number of methoxy groups -OCH3 is 1. The van der Waals surface area contributed by atoms with Crippen molar-refractivity contribution < 1.29 is 9.26 Å². The van der Waals surface area contributed by atoms with Crippen molar-refractivity contribution in [3.05, 3.63) is 47.3 Å². The van der Waals surface area contributed by atoms with Gasteiger partial charge in [0.15, 0.2) is 11.7 Å². The number of hydrogen-bond donors (Lipinski definition) is 2. The molecule has 0 amide bonds. The number of nitrogens with one attached hydrogen (secondary N) is 2. The molecule has 0 aliphatic heterocycles. The lowest BCUT2D eigenvalue weighted by atomic mass is 9.99. The van der Waals surface area contributed by atoms with Gasteiger partial charge in [-0.25, -0.2) is 0 Å². The van der Waals surface area contributed by atoms with Gasteiger partial charge in [-0.3, -0.25) is 4.99 Å². The summed E-state index contributed by atoms with van der Waals surface area (Å²) >= 11 is 0. The van der Waals surface area contributed by atoms with Crippen LogP contribution in [0.25, 0.3) is 0 Å². The summed E-state index contributed by atoms with van der Waals surface area (Å²) in [6, 6.07) is 9.97. The Morgan fingerprint density at radius 1 is 1.19 bits per heavy atom. The Labute approximate surface area is 172 Å². The van der Waals surface area contributed by atoms with Crippen molar-refractivity contribution >= 4 is 29.9 Å². The van der Waals surface area contributed by atoms with Gasteiger partial charge < -0.3 is 19.9 Å². The van der Waals surface area contributed by atoms with Crippen LogP contribution in [0.3, 0.4) is 0 Å². The van der Waals surface area contributed by atoms with Gasteiger partial charge in [0.1, 0.15) is 5.75 Å². The molecule has 0 unspecified atom stereocenters. The van der Waals surface area contributed by atoms with Gasteiger partial charge in [0, 0.05) is 25.6 Å². The zero-order chi connectivity index (χ0) is 18.1. The fourth-order valence-corrected chi connectivity index (χ4v) is 2.67. The van der Waals surface area contributed by atoms with E-state index in [1.54, 1.807) is 14.2 Å². The molecule has 0 saturated heterocycles. The predicted molar refractivity (Wildman–Crippen MR) is 115 cm³/mol. The SMILES string of the molecule is CCC(CC)c1cc(CNC(=NC)NCc2cccc(OC)c2)on1.I. The fourth-order valence-electron chi connectivity index (χ4n) is 2.67. The zero-order valence-corrected chi connectivity index (χ0v) is 18.2. The Kier molecular flexibility index (Phi) is 10.1. The second kappa shape index (κ2) is 11.8. The third kappa shape index (κ3) is 6.51. The van der Waals surface area contributed by atoms with E-state index in [0.29, 0.717) is 25.0 Å². The van der Waals surface area contributed by atoms with E-state index >= 15 is 0 Å². The smallest absolute Gasteiger partial charge is 0.191 e. The number of halogens is 1. The van der Waals surface area contributed by atoms with Crippen LogP contribution >= 0.6 is 24.0 Å². The van der Waals surface area contributed by atoms with Crippen LogP contribution in [0.15, 0.2) is 39.8 Å². The van der Waals surface area contributed by atoms with Crippen molar-refractivity contribution in [1.29, 1.82) is 0 Å². The van der Waals surface area contributed by atoms with E-state index in [2.05, 4.69) is 34.6 Å². The summed E-state index contributed by atoms with van der Waals surface area (Å²) in [5.41, 5.74) is 2.15. The maximum atomic E-state index is 5.43. The third-order valence-electron chi connectivity index (χ3n) is 4.23. The average molecular weight is 472 g/mol. The largest absolute Gasteiger partial charge is 0.497 e. The molecule has 6 nitrogen and oxygen atoms in total. The van der Waals surface area contributed by atoms with E-state index in [-0.39, 0.29) is 24.0 Å². The highest BCUT2D eigenvalue weighted by Crippen LogP contribution is 2.22. The Bertz CT molecular complexity index is 684. The summed E-state index contributed by atoms with van der Waals surface area (Å²) in [5.74, 6) is 2.83. The number of rotatable bonds is 8. The van der Waals surface area contributed by atoms with Gasteiger partial charge in [-0.15, -0.1) is 24.0 Å². The normalized spacial score (nSPS) is 11.2. The number of guanidine groups is 1. The Hall–Kier alpha value is -1.77. The number of benzene rings is 1. The molecule has 7 heteroatoms. The standard InChI is InChI=1S/C19H28N4O2.HI/c1-5-15(6-2)18-11-17(25-23-18)13-22-19(20-3)21-12-14-8-7-9-16(10-14)24-4;/h7-11,15H,5-6,12-13H2,1-4H3,(H2,20,21,22);1H. The molecule has 0 bridgehead atoms. The topological polar surface area (TPSA) is 71.7 Å².